The van der Waals surface area contributed by atoms with Gasteiger partial charge in [-0.3, -0.25) is 9.48 Å². The molecule has 0 saturated carbocycles. The highest BCUT2D eigenvalue weighted by Crippen LogP contribution is 2.39. The van der Waals surface area contributed by atoms with E-state index < -0.39 is 17.6 Å². The third-order valence-corrected chi connectivity index (χ3v) is 3.76. The van der Waals surface area contributed by atoms with Gasteiger partial charge in [-0.05, 0) is 23.8 Å². The summed E-state index contributed by atoms with van der Waals surface area (Å²) in [5.41, 5.74) is -0.235. The van der Waals surface area contributed by atoms with Gasteiger partial charge in [-0.25, -0.2) is 0 Å². The second-order valence-corrected chi connectivity index (χ2v) is 5.57. The third kappa shape index (κ3) is 3.28. The first-order valence-corrected chi connectivity index (χ1v) is 7.40. The maximum atomic E-state index is 13.3. The normalized spacial score (nSPS) is 11.6. The van der Waals surface area contributed by atoms with Crippen LogP contribution < -0.4 is 5.32 Å². The lowest BCUT2D eigenvalue weighted by atomic mass is 10.0. The molecule has 0 aliphatic carbocycles. The van der Waals surface area contributed by atoms with Crippen molar-refractivity contribution < 1.29 is 18.0 Å². The Morgan fingerprint density at radius 3 is 2.44 bits per heavy atom. The summed E-state index contributed by atoms with van der Waals surface area (Å²) in [5.74, 6) is -0.373. The molecule has 0 atom stereocenters. The first-order valence-electron chi connectivity index (χ1n) is 7.40. The molecule has 25 heavy (non-hydrogen) atoms. The fourth-order valence-electron chi connectivity index (χ4n) is 2.61. The molecule has 0 saturated heterocycles. The van der Waals surface area contributed by atoms with E-state index in [-0.39, 0.29) is 16.9 Å². The molecule has 130 valence electrons. The van der Waals surface area contributed by atoms with Crippen LogP contribution in [0.25, 0.3) is 11.1 Å². The number of amides is 1. The number of aryl methyl sites for hydroxylation is 2. The zero-order chi connectivity index (χ0) is 18.2. The molecule has 2 aromatic heterocycles. The maximum absolute atomic E-state index is 13.3. The Labute approximate surface area is 141 Å². The number of carbonyl (C=O) groups excluding carboxylic acids is 1. The smallest absolute Gasteiger partial charge is 0.347 e. The molecule has 2 heterocycles. The molecular formula is C17H15F3N4O. The van der Waals surface area contributed by atoms with Crippen molar-refractivity contribution >= 4 is 11.7 Å². The number of aromatic nitrogens is 3. The number of hydrogen-bond acceptors (Lipinski definition) is 2. The molecule has 5 nitrogen and oxygen atoms in total. The highest BCUT2D eigenvalue weighted by molar-refractivity contribution is 6.04. The molecule has 8 heteroatoms. The number of hydrogen-bond donors (Lipinski definition) is 1. The van der Waals surface area contributed by atoms with Gasteiger partial charge < -0.3 is 9.88 Å². The van der Waals surface area contributed by atoms with E-state index in [4.69, 9.17) is 0 Å². The highest BCUT2D eigenvalue weighted by Gasteiger charge is 2.34. The van der Waals surface area contributed by atoms with E-state index in [9.17, 15) is 18.0 Å². The van der Waals surface area contributed by atoms with E-state index in [1.807, 2.05) is 0 Å². The van der Waals surface area contributed by atoms with Crippen LogP contribution in [0, 0.1) is 0 Å². The summed E-state index contributed by atoms with van der Waals surface area (Å²) in [5, 5.41) is 6.69. The van der Waals surface area contributed by atoms with E-state index in [0.29, 0.717) is 5.69 Å². The van der Waals surface area contributed by atoms with E-state index in [0.717, 1.165) is 6.07 Å². The number of nitrogens with zero attached hydrogens (tertiary/aromatic N) is 3. The molecule has 1 aromatic carbocycles. The number of anilines is 1. The molecule has 1 amide bonds. The van der Waals surface area contributed by atoms with Crippen LogP contribution in [-0.4, -0.2) is 20.3 Å². The Morgan fingerprint density at radius 2 is 1.80 bits per heavy atom. The zero-order valence-corrected chi connectivity index (χ0v) is 13.5. The van der Waals surface area contributed by atoms with Crippen molar-refractivity contribution in [3.8, 4) is 11.1 Å². The maximum Gasteiger partial charge on any atom is 0.417 e. The van der Waals surface area contributed by atoms with Crippen LogP contribution in [0.5, 0.6) is 0 Å². The summed E-state index contributed by atoms with van der Waals surface area (Å²) in [6.07, 6.45) is -1.36. The van der Waals surface area contributed by atoms with Crippen LogP contribution >= 0.6 is 0 Å². The fraction of sp³-hybridized carbons (Fsp3) is 0.176. The van der Waals surface area contributed by atoms with E-state index in [1.54, 1.807) is 37.0 Å². The summed E-state index contributed by atoms with van der Waals surface area (Å²) in [4.78, 5) is 12.4. The second kappa shape index (κ2) is 6.12. The number of alkyl halides is 3. The minimum Gasteiger partial charge on any atom is -0.347 e. The van der Waals surface area contributed by atoms with Gasteiger partial charge in [-0.15, -0.1) is 0 Å². The topological polar surface area (TPSA) is 51.9 Å². The molecule has 0 aliphatic heterocycles. The van der Waals surface area contributed by atoms with Gasteiger partial charge in [0.2, 0.25) is 0 Å². The van der Waals surface area contributed by atoms with Crippen molar-refractivity contribution in [2.45, 2.75) is 6.18 Å². The van der Waals surface area contributed by atoms with Crippen molar-refractivity contribution in [1.29, 1.82) is 0 Å². The Balaban J connectivity index is 2.03. The number of carbonyl (C=O) groups is 1. The number of rotatable bonds is 3. The number of benzene rings is 1. The van der Waals surface area contributed by atoms with Crippen LogP contribution in [-0.2, 0) is 20.3 Å². The van der Waals surface area contributed by atoms with Crippen molar-refractivity contribution in [1.82, 2.24) is 14.3 Å². The third-order valence-electron chi connectivity index (χ3n) is 3.76. The van der Waals surface area contributed by atoms with Crippen LogP contribution in [0.4, 0.5) is 19.0 Å². The zero-order valence-electron chi connectivity index (χ0n) is 13.5. The lowest BCUT2D eigenvalue weighted by Gasteiger charge is -2.13. The summed E-state index contributed by atoms with van der Waals surface area (Å²) in [6.45, 7) is 0. The molecule has 0 aliphatic rings. The standard InChI is InChI=1S/C17H15F3N4O/c1-23-9-5-8-14(23)16(25)21-15-12(10-24(2)22-15)11-6-3-4-7-13(11)17(18,19)20/h3-10H,1-2H3,(H,21,22,25). The van der Waals surface area contributed by atoms with Gasteiger partial charge in [0.15, 0.2) is 5.82 Å². The number of nitrogens with one attached hydrogen (secondary N) is 1. The average Bonchev–Trinajstić information content (AvgIpc) is 3.12. The van der Waals surface area contributed by atoms with Crippen molar-refractivity contribution in [3.05, 3.63) is 60.0 Å². The summed E-state index contributed by atoms with van der Waals surface area (Å²) >= 11 is 0. The molecule has 0 fully saturated rings. The van der Waals surface area contributed by atoms with Gasteiger partial charge in [0.25, 0.3) is 5.91 Å². The van der Waals surface area contributed by atoms with Crippen molar-refractivity contribution in [2.24, 2.45) is 14.1 Å². The Bertz CT molecular complexity index is 924. The molecule has 3 aromatic rings. The molecule has 0 bridgehead atoms. The Kier molecular flexibility index (Phi) is 4.12. The SMILES string of the molecule is Cn1cc(-c2ccccc2C(F)(F)F)c(NC(=O)c2cccn2C)n1. The molecule has 1 N–H and O–H groups in total. The monoisotopic (exact) mass is 348 g/mol. The largest absolute Gasteiger partial charge is 0.417 e. The van der Waals surface area contributed by atoms with Crippen molar-refractivity contribution in [3.63, 3.8) is 0 Å². The van der Waals surface area contributed by atoms with E-state index in [2.05, 4.69) is 10.4 Å². The van der Waals surface area contributed by atoms with Gasteiger partial charge in [0, 0.05) is 32.1 Å². The average molecular weight is 348 g/mol. The van der Waals surface area contributed by atoms with Gasteiger partial charge in [0.1, 0.15) is 5.69 Å². The molecule has 0 spiro atoms. The van der Waals surface area contributed by atoms with Gasteiger partial charge in [0.05, 0.1) is 5.56 Å². The predicted molar refractivity (Wildman–Crippen MR) is 87.0 cm³/mol. The summed E-state index contributed by atoms with van der Waals surface area (Å²) < 4.78 is 42.9. The first-order chi connectivity index (χ1) is 11.8. The van der Waals surface area contributed by atoms with Crippen LogP contribution in [0.15, 0.2) is 48.8 Å². The van der Waals surface area contributed by atoms with E-state index in [1.165, 1.54) is 29.1 Å². The van der Waals surface area contributed by atoms with Crippen LogP contribution in [0.2, 0.25) is 0 Å². The summed E-state index contributed by atoms with van der Waals surface area (Å²) in [6, 6.07) is 8.52. The molecule has 0 radical (unpaired) electrons. The van der Waals surface area contributed by atoms with Crippen LogP contribution in [0.3, 0.4) is 0 Å². The van der Waals surface area contributed by atoms with Gasteiger partial charge in [-0.1, -0.05) is 18.2 Å². The highest BCUT2D eigenvalue weighted by atomic mass is 19.4. The quantitative estimate of drug-likeness (QED) is 0.785. The minimum atomic E-state index is -4.51. The molecular weight excluding hydrogens is 333 g/mol. The number of halogens is 3. The Hall–Kier alpha value is -3.03. The van der Waals surface area contributed by atoms with Crippen LogP contribution in [0.1, 0.15) is 16.1 Å². The Morgan fingerprint density at radius 1 is 1.08 bits per heavy atom. The minimum absolute atomic E-state index is 0.0368. The summed E-state index contributed by atoms with van der Waals surface area (Å²) in [7, 11) is 3.28. The predicted octanol–water partition coefficient (Wildman–Crippen LogP) is 3.70. The lowest BCUT2D eigenvalue weighted by Crippen LogP contribution is -2.16. The molecule has 0 unspecified atom stereocenters. The van der Waals surface area contributed by atoms with E-state index >= 15 is 0 Å². The molecule has 3 rings (SSSR count). The van der Waals surface area contributed by atoms with Crippen molar-refractivity contribution in [2.75, 3.05) is 5.32 Å². The first kappa shape index (κ1) is 16.8. The van der Waals surface area contributed by atoms with Gasteiger partial charge in [-0.2, -0.15) is 18.3 Å². The second-order valence-electron chi connectivity index (χ2n) is 5.57. The fourth-order valence-corrected chi connectivity index (χ4v) is 2.61. The lowest BCUT2D eigenvalue weighted by molar-refractivity contribution is -0.137. The van der Waals surface area contributed by atoms with Gasteiger partial charge >= 0.3 is 6.18 Å².